The van der Waals surface area contributed by atoms with Gasteiger partial charge in [0, 0.05) is 20.1 Å². The summed E-state index contributed by atoms with van der Waals surface area (Å²) in [5, 5.41) is 11.2. The average Bonchev–Trinajstić information content (AvgIpc) is 2.38. The maximum absolute atomic E-state index is 11.6. The molecule has 1 amide bonds. The minimum atomic E-state index is -0.0972. The molecule has 0 radical (unpaired) electrons. The van der Waals surface area contributed by atoms with E-state index < -0.39 is 0 Å². The molecule has 1 N–H and O–H groups in total. The van der Waals surface area contributed by atoms with E-state index >= 15 is 0 Å². The van der Waals surface area contributed by atoms with E-state index in [1.54, 1.807) is 31.4 Å². The molecule has 18 heavy (non-hydrogen) atoms. The first-order chi connectivity index (χ1) is 8.77. The molecule has 0 aliphatic heterocycles. The molecule has 5 heteroatoms. The first-order valence-electron chi connectivity index (χ1n) is 5.65. The summed E-state index contributed by atoms with van der Waals surface area (Å²) in [7, 11) is 1.60. The van der Waals surface area contributed by atoms with Crippen molar-refractivity contribution < 1.29 is 14.3 Å². The fourth-order valence-electron chi connectivity index (χ4n) is 1.40. The van der Waals surface area contributed by atoms with Crippen molar-refractivity contribution in [2.45, 2.75) is 12.8 Å². The highest BCUT2D eigenvalue weighted by Crippen LogP contribution is 2.23. The number of rotatable bonds is 7. The van der Waals surface area contributed by atoms with Crippen molar-refractivity contribution in [1.82, 2.24) is 0 Å². The zero-order chi connectivity index (χ0) is 13.2. The first-order valence-corrected chi connectivity index (χ1v) is 5.65. The van der Waals surface area contributed by atoms with Gasteiger partial charge < -0.3 is 14.8 Å². The molecule has 96 valence electrons. The van der Waals surface area contributed by atoms with Gasteiger partial charge in [-0.15, -0.1) is 0 Å². The van der Waals surface area contributed by atoms with Crippen molar-refractivity contribution in [2.75, 3.05) is 25.6 Å². The van der Waals surface area contributed by atoms with Crippen LogP contribution in [-0.4, -0.2) is 26.2 Å². The lowest BCUT2D eigenvalue weighted by molar-refractivity contribution is -0.116. The molecule has 0 atom stereocenters. The molecule has 0 saturated carbocycles. The van der Waals surface area contributed by atoms with E-state index in [9.17, 15) is 4.79 Å². The Morgan fingerprint density at radius 2 is 2.22 bits per heavy atom. The smallest absolute Gasteiger partial charge is 0.224 e. The van der Waals surface area contributed by atoms with Crippen LogP contribution in [0.2, 0.25) is 0 Å². The SMILES string of the molecule is COCCCC(=O)Nc1ccccc1OCC#N. The molecule has 5 nitrogen and oxygen atoms in total. The Morgan fingerprint density at radius 1 is 1.44 bits per heavy atom. The predicted octanol–water partition coefficient (Wildman–Crippen LogP) is 1.95. The lowest BCUT2D eigenvalue weighted by atomic mass is 10.2. The Bertz CT molecular complexity index is 426. The van der Waals surface area contributed by atoms with Crippen molar-refractivity contribution >= 4 is 11.6 Å². The molecule has 0 saturated heterocycles. The molecular weight excluding hydrogens is 232 g/mol. The summed E-state index contributed by atoms with van der Waals surface area (Å²) in [4.78, 5) is 11.6. The van der Waals surface area contributed by atoms with E-state index in [4.69, 9.17) is 14.7 Å². The Kier molecular flexibility index (Phi) is 6.30. The molecule has 0 heterocycles. The zero-order valence-electron chi connectivity index (χ0n) is 10.3. The standard InChI is InChI=1S/C13H16N2O3/c1-17-9-4-7-13(16)15-11-5-2-3-6-12(11)18-10-8-14/h2-3,5-6H,4,7,9-10H2,1H3,(H,15,16). The number of benzene rings is 1. The summed E-state index contributed by atoms with van der Waals surface area (Å²) < 4.78 is 10.1. The van der Waals surface area contributed by atoms with Gasteiger partial charge in [-0.1, -0.05) is 12.1 Å². The number of carbonyl (C=O) groups excluding carboxylic acids is 1. The lowest BCUT2D eigenvalue weighted by Crippen LogP contribution is -2.13. The summed E-state index contributed by atoms with van der Waals surface area (Å²) in [5.74, 6) is 0.402. The van der Waals surface area contributed by atoms with Crippen LogP contribution in [0.25, 0.3) is 0 Å². The number of carbonyl (C=O) groups is 1. The second-order valence-electron chi connectivity index (χ2n) is 3.59. The van der Waals surface area contributed by atoms with Crippen LogP contribution >= 0.6 is 0 Å². The van der Waals surface area contributed by atoms with Crippen molar-refractivity contribution in [3.8, 4) is 11.8 Å². The van der Waals surface area contributed by atoms with Gasteiger partial charge in [-0.3, -0.25) is 4.79 Å². The summed E-state index contributed by atoms with van der Waals surface area (Å²) >= 11 is 0. The number of ether oxygens (including phenoxy) is 2. The molecule has 1 rings (SSSR count). The van der Waals surface area contributed by atoms with E-state index in [1.807, 2.05) is 6.07 Å². The highest BCUT2D eigenvalue weighted by Gasteiger charge is 2.07. The predicted molar refractivity (Wildman–Crippen MR) is 67.3 cm³/mol. The molecule has 1 aromatic rings. The number of hydrogen-bond donors (Lipinski definition) is 1. The van der Waals surface area contributed by atoms with E-state index in [2.05, 4.69) is 5.32 Å². The molecular formula is C13H16N2O3. The van der Waals surface area contributed by atoms with Crippen molar-refractivity contribution in [2.24, 2.45) is 0 Å². The summed E-state index contributed by atoms with van der Waals surface area (Å²) in [6.45, 7) is 0.510. The van der Waals surface area contributed by atoms with Gasteiger partial charge >= 0.3 is 0 Å². The Balaban J connectivity index is 2.55. The second kappa shape index (κ2) is 8.09. The number of hydrogen-bond acceptors (Lipinski definition) is 4. The van der Waals surface area contributed by atoms with E-state index in [0.29, 0.717) is 30.9 Å². The van der Waals surface area contributed by atoms with Gasteiger partial charge in [0.1, 0.15) is 11.8 Å². The monoisotopic (exact) mass is 248 g/mol. The van der Waals surface area contributed by atoms with Crippen LogP contribution < -0.4 is 10.1 Å². The number of amides is 1. The second-order valence-corrected chi connectivity index (χ2v) is 3.59. The summed E-state index contributed by atoms with van der Waals surface area (Å²) in [6, 6.07) is 8.92. The number of nitriles is 1. The van der Waals surface area contributed by atoms with Crippen molar-refractivity contribution in [3.63, 3.8) is 0 Å². The van der Waals surface area contributed by atoms with Crippen LogP contribution in [0.3, 0.4) is 0 Å². The average molecular weight is 248 g/mol. The van der Waals surface area contributed by atoms with E-state index in [-0.39, 0.29) is 12.5 Å². The van der Waals surface area contributed by atoms with Gasteiger partial charge in [0.05, 0.1) is 5.69 Å². The maximum atomic E-state index is 11.6. The van der Waals surface area contributed by atoms with Gasteiger partial charge in [0.25, 0.3) is 0 Å². The Morgan fingerprint density at radius 3 is 2.94 bits per heavy atom. The first kappa shape index (κ1) is 14.0. The molecule has 0 spiro atoms. The van der Waals surface area contributed by atoms with Crippen LogP contribution in [0.15, 0.2) is 24.3 Å². The summed E-state index contributed by atoms with van der Waals surface area (Å²) in [6.07, 6.45) is 1.06. The normalized spacial score (nSPS) is 9.56. The van der Waals surface area contributed by atoms with Crippen LogP contribution in [0.4, 0.5) is 5.69 Å². The Hall–Kier alpha value is -2.06. The minimum absolute atomic E-state index is 0.0451. The number of nitrogens with zero attached hydrogens (tertiary/aromatic N) is 1. The summed E-state index contributed by atoms with van der Waals surface area (Å²) in [5.41, 5.74) is 0.579. The number of anilines is 1. The van der Waals surface area contributed by atoms with Gasteiger partial charge in [-0.05, 0) is 18.6 Å². The van der Waals surface area contributed by atoms with Gasteiger partial charge in [0.15, 0.2) is 6.61 Å². The van der Waals surface area contributed by atoms with Gasteiger partial charge in [0.2, 0.25) is 5.91 Å². The quantitative estimate of drug-likeness (QED) is 0.749. The van der Waals surface area contributed by atoms with E-state index in [1.165, 1.54) is 0 Å². The fourth-order valence-corrected chi connectivity index (χ4v) is 1.40. The van der Waals surface area contributed by atoms with Gasteiger partial charge in [-0.2, -0.15) is 5.26 Å². The zero-order valence-corrected chi connectivity index (χ0v) is 10.3. The molecule has 0 aliphatic carbocycles. The lowest BCUT2D eigenvalue weighted by Gasteiger charge is -2.10. The number of methoxy groups -OCH3 is 1. The largest absolute Gasteiger partial charge is 0.477 e. The minimum Gasteiger partial charge on any atom is -0.477 e. The van der Waals surface area contributed by atoms with Crippen LogP contribution in [0.1, 0.15) is 12.8 Å². The molecule has 0 aliphatic rings. The van der Waals surface area contributed by atoms with Gasteiger partial charge in [-0.25, -0.2) is 0 Å². The third-order valence-electron chi connectivity index (χ3n) is 2.21. The highest BCUT2D eigenvalue weighted by atomic mass is 16.5. The van der Waals surface area contributed by atoms with Crippen LogP contribution in [0.5, 0.6) is 5.75 Å². The molecule has 0 unspecified atom stereocenters. The van der Waals surface area contributed by atoms with E-state index in [0.717, 1.165) is 0 Å². The number of nitrogens with one attached hydrogen (secondary N) is 1. The van der Waals surface area contributed by atoms with Crippen LogP contribution in [-0.2, 0) is 9.53 Å². The topological polar surface area (TPSA) is 71.3 Å². The highest BCUT2D eigenvalue weighted by molar-refractivity contribution is 5.92. The molecule has 0 aromatic heterocycles. The third-order valence-corrected chi connectivity index (χ3v) is 2.21. The fraction of sp³-hybridized carbons (Fsp3) is 0.385. The molecule has 1 aromatic carbocycles. The number of para-hydroxylation sites is 2. The van der Waals surface area contributed by atoms with Crippen molar-refractivity contribution in [3.05, 3.63) is 24.3 Å². The maximum Gasteiger partial charge on any atom is 0.224 e. The third kappa shape index (κ3) is 4.85. The van der Waals surface area contributed by atoms with Crippen LogP contribution in [0, 0.1) is 11.3 Å². The molecule has 0 fully saturated rings. The molecule has 0 bridgehead atoms. The Labute approximate surface area is 106 Å². The van der Waals surface area contributed by atoms with Crippen molar-refractivity contribution in [1.29, 1.82) is 5.26 Å².